The van der Waals surface area contributed by atoms with Gasteiger partial charge in [-0.25, -0.2) is 0 Å². The number of carbonyl (C=O) groups is 2. The Kier molecular flexibility index (Phi) is 53.1. The van der Waals surface area contributed by atoms with Crippen molar-refractivity contribution in [2.24, 2.45) is 0 Å². The number of aliphatic hydroxyl groups excluding tert-OH is 2. The van der Waals surface area contributed by atoms with E-state index in [1.807, 2.05) is 0 Å². The minimum Gasteiger partial charge on any atom is -0.462 e. The maximum atomic E-state index is 13.3. The zero-order valence-electron chi connectivity index (χ0n) is 45.2. The maximum absolute atomic E-state index is 13.3. The summed E-state index contributed by atoms with van der Waals surface area (Å²) in [5, 5.41) is 23.9. The fourth-order valence-corrected chi connectivity index (χ4v) is 8.35. The summed E-state index contributed by atoms with van der Waals surface area (Å²) in [7, 11) is 0. The number of rotatable bonds is 51. The number of hydrogen-bond donors (Lipinski definition) is 3. The number of allylic oxidation sites excluding steroid dienone is 16. The SMILES string of the molecule is CC/C=C\C/C=C\C/C=C\C/C=C\C/C=C\CCCCCC(=O)OC(CCCCCC/C=C/C/C=C/C/C=C/CC)CC(=O)NC(CO)C(O)CCCCCCCCCCCCCCCCCCC. The summed E-state index contributed by atoms with van der Waals surface area (Å²) in [6.07, 6.45) is 74.7. The lowest BCUT2D eigenvalue weighted by Crippen LogP contribution is -2.46. The zero-order chi connectivity index (χ0) is 50.2. The summed E-state index contributed by atoms with van der Waals surface area (Å²) in [5.41, 5.74) is 0. The van der Waals surface area contributed by atoms with Gasteiger partial charge in [-0.2, -0.15) is 0 Å². The van der Waals surface area contributed by atoms with Crippen molar-refractivity contribution in [3.8, 4) is 0 Å². The van der Waals surface area contributed by atoms with Gasteiger partial charge in [-0.1, -0.05) is 246 Å². The topological polar surface area (TPSA) is 95.9 Å². The van der Waals surface area contributed by atoms with Crippen molar-refractivity contribution in [3.05, 3.63) is 97.2 Å². The van der Waals surface area contributed by atoms with Gasteiger partial charge in [0.05, 0.1) is 25.2 Å². The summed E-state index contributed by atoms with van der Waals surface area (Å²) in [5.74, 6) is -0.535. The van der Waals surface area contributed by atoms with Crippen molar-refractivity contribution in [2.75, 3.05) is 6.61 Å². The van der Waals surface area contributed by atoms with Gasteiger partial charge in [-0.05, 0) is 103 Å². The van der Waals surface area contributed by atoms with Crippen molar-refractivity contribution >= 4 is 11.9 Å². The summed E-state index contributed by atoms with van der Waals surface area (Å²) in [6.45, 7) is 6.26. The lowest BCUT2D eigenvalue weighted by atomic mass is 10.0. The Bertz CT molecular complexity index is 1350. The highest BCUT2D eigenvalue weighted by molar-refractivity contribution is 5.77. The first-order valence-electron chi connectivity index (χ1n) is 29.0. The van der Waals surface area contributed by atoms with Crippen LogP contribution < -0.4 is 5.32 Å². The number of carbonyl (C=O) groups excluding carboxylic acids is 2. The summed E-state index contributed by atoms with van der Waals surface area (Å²) in [4.78, 5) is 26.3. The van der Waals surface area contributed by atoms with Gasteiger partial charge in [0.15, 0.2) is 0 Å². The molecule has 0 spiro atoms. The molecule has 3 N–H and O–H groups in total. The monoisotopic (exact) mass is 960 g/mol. The molecule has 0 saturated heterocycles. The fourth-order valence-electron chi connectivity index (χ4n) is 8.35. The van der Waals surface area contributed by atoms with Gasteiger partial charge in [0.25, 0.3) is 0 Å². The first-order valence-corrected chi connectivity index (χ1v) is 29.0. The van der Waals surface area contributed by atoms with E-state index in [1.54, 1.807) is 0 Å². The van der Waals surface area contributed by atoms with Crippen molar-refractivity contribution in [1.82, 2.24) is 5.32 Å². The van der Waals surface area contributed by atoms with Crippen LogP contribution >= 0.6 is 0 Å². The van der Waals surface area contributed by atoms with Crippen molar-refractivity contribution < 1.29 is 24.5 Å². The number of aliphatic hydroxyl groups is 2. The second-order valence-corrected chi connectivity index (χ2v) is 19.3. The van der Waals surface area contributed by atoms with Gasteiger partial charge in [-0.15, -0.1) is 0 Å². The Morgan fingerprint density at radius 2 is 0.783 bits per heavy atom. The fraction of sp³-hybridized carbons (Fsp3) is 0.714. The minimum atomic E-state index is -0.807. The van der Waals surface area contributed by atoms with Crippen LogP contribution in [0.1, 0.15) is 265 Å². The predicted octanol–water partition coefficient (Wildman–Crippen LogP) is 18.1. The molecule has 0 fully saturated rings. The minimum absolute atomic E-state index is 0.0443. The molecule has 0 aliphatic carbocycles. The van der Waals surface area contributed by atoms with Crippen molar-refractivity contribution in [3.63, 3.8) is 0 Å². The highest BCUT2D eigenvalue weighted by Crippen LogP contribution is 2.18. The first kappa shape index (κ1) is 65.8. The van der Waals surface area contributed by atoms with Crippen molar-refractivity contribution in [1.29, 1.82) is 0 Å². The zero-order valence-corrected chi connectivity index (χ0v) is 45.2. The maximum Gasteiger partial charge on any atom is 0.306 e. The number of unbranched alkanes of at least 4 members (excludes halogenated alkanes) is 23. The first-order chi connectivity index (χ1) is 34.0. The molecule has 0 rings (SSSR count). The van der Waals surface area contributed by atoms with Gasteiger partial charge < -0.3 is 20.3 Å². The lowest BCUT2D eigenvalue weighted by Gasteiger charge is -2.24. The van der Waals surface area contributed by atoms with Crippen LogP contribution in [0.25, 0.3) is 0 Å². The van der Waals surface area contributed by atoms with Crippen LogP contribution in [-0.4, -0.2) is 46.9 Å². The average Bonchev–Trinajstić information content (AvgIpc) is 3.34. The van der Waals surface area contributed by atoms with E-state index in [-0.39, 0.29) is 24.9 Å². The molecule has 0 saturated carbocycles. The Balaban J connectivity index is 4.62. The molecular weight excluding hydrogens is 851 g/mol. The van der Waals surface area contributed by atoms with Gasteiger partial charge in [0.2, 0.25) is 5.91 Å². The van der Waals surface area contributed by atoms with E-state index in [0.717, 1.165) is 128 Å². The van der Waals surface area contributed by atoms with E-state index in [4.69, 9.17) is 4.74 Å². The molecule has 1 amide bonds. The molecule has 3 unspecified atom stereocenters. The lowest BCUT2D eigenvalue weighted by molar-refractivity contribution is -0.151. The molecule has 396 valence electrons. The molecule has 6 heteroatoms. The van der Waals surface area contributed by atoms with Crippen molar-refractivity contribution in [2.45, 2.75) is 283 Å². The van der Waals surface area contributed by atoms with E-state index < -0.39 is 18.2 Å². The number of hydrogen-bond acceptors (Lipinski definition) is 5. The molecule has 3 atom stereocenters. The molecular formula is C63H109NO5. The highest BCUT2D eigenvalue weighted by atomic mass is 16.5. The van der Waals surface area contributed by atoms with E-state index in [2.05, 4.69) is 123 Å². The van der Waals surface area contributed by atoms with E-state index >= 15 is 0 Å². The molecule has 6 nitrogen and oxygen atoms in total. The van der Waals surface area contributed by atoms with Crippen LogP contribution in [0.15, 0.2) is 97.2 Å². The average molecular weight is 961 g/mol. The second kappa shape index (κ2) is 55.7. The standard InChI is InChI=1S/C63H109NO5/c1-4-7-10-13-16-19-22-25-28-30-31-33-35-38-41-44-47-50-53-56-63(68)69-59(54-51-48-45-42-39-36-27-24-21-18-15-12-9-6-3)57-62(67)64-60(58-65)61(66)55-52-49-46-43-40-37-34-32-29-26-23-20-17-14-11-8-5-2/h7,9-10,12,16,18-19,21,25,27-28,31,33,36,38,41,59-61,65-66H,4-6,8,11,13-15,17,20,22-24,26,29-30,32,34-35,37,39-40,42-58H2,1-3H3,(H,64,67)/b10-7-,12-9+,19-16-,21-18+,28-25-,33-31-,36-27+,41-38-. The Morgan fingerprint density at radius 1 is 0.435 bits per heavy atom. The normalized spacial score (nSPS) is 13.9. The Hall–Kier alpha value is -3.22. The smallest absolute Gasteiger partial charge is 0.306 e. The molecule has 0 bridgehead atoms. The number of amides is 1. The Morgan fingerprint density at radius 3 is 1.19 bits per heavy atom. The van der Waals surface area contributed by atoms with Gasteiger partial charge in [0.1, 0.15) is 6.10 Å². The van der Waals surface area contributed by atoms with E-state index in [9.17, 15) is 19.8 Å². The van der Waals surface area contributed by atoms with Crippen LogP contribution in [0.4, 0.5) is 0 Å². The van der Waals surface area contributed by atoms with E-state index in [0.29, 0.717) is 19.3 Å². The third-order valence-corrected chi connectivity index (χ3v) is 12.7. The molecule has 0 aromatic rings. The summed E-state index contributed by atoms with van der Waals surface area (Å²) in [6, 6.07) is -0.723. The quantitative estimate of drug-likeness (QED) is 0.0321. The molecule has 0 aromatic carbocycles. The van der Waals surface area contributed by atoms with Crippen LogP contribution in [0.3, 0.4) is 0 Å². The number of ether oxygens (including phenoxy) is 1. The van der Waals surface area contributed by atoms with Crippen LogP contribution in [0.5, 0.6) is 0 Å². The van der Waals surface area contributed by atoms with Crippen LogP contribution in [0.2, 0.25) is 0 Å². The molecule has 69 heavy (non-hydrogen) atoms. The molecule has 0 aliphatic rings. The third kappa shape index (κ3) is 51.0. The number of nitrogens with one attached hydrogen (secondary N) is 1. The molecule has 0 aromatic heterocycles. The highest BCUT2D eigenvalue weighted by Gasteiger charge is 2.24. The Labute approximate surface area is 426 Å². The van der Waals surface area contributed by atoms with Crippen LogP contribution in [-0.2, 0) is 14.3 Å². The molecule has 0 heterocycles. The summed E-state index contributed by atoms with van der Waals surface area (Å²) < 4.78 is 5.94. The largest absolute Gasteiger partial charge is 0.462 e. The van der Waals surface area contributed by atoms with Gasteiger partial charge in [0, 0.05) is 6.42 Å². The van der Waals surface area contributed by atoms with E-state index in [1.165, 1.54) is 89.9 Å². The van der Waals surface area contributed by atoms with Gasteiger partial charge >= 0.3 is 5.97 Å². The third-order valence-electron chi connectivity index (χ3n) is 12.7. The summed E-state index contributed by atoms with van der Waals surface area (Å²) >= 11 is 0. The predicted molar refractivity (Wildman–Crippen MR) is 300 cm³/mol. The molecule has 0 radical (unpaired) electrons. The van der Waals surface area contributed by atoms with Gasteiger partial charge in [-0.3, -0.25) is 9.59 Å². The number of esters is 1. The molecule has 0 aliphatic heterocycles. The second-order valence-electron chi connectivity index (χ2n) is 19.3. The van der Waals surface area contributed by atoms with Crippen LogP contribution in [0, 0.1) is 0 Å².